The second-order valence-corrected chi connectivity index (χ2v) is 8.57. The Labute approximate surface area is 159 Å². The fourth-order valence-corrected chi connectivity index (χ4v) is 3.86. The Hall–Kier alpha value is -1.51. The molecule has 0 radical (unpaired) electrons. The van der Waals surface area contributed by atoms with Crippen LogP contribution in [0.15, 0.2) is 0 Å². The molecule has 3 nitrogen and oxygen atoms in total. The Bertz CT molecular complexity index is 660. The van der Waals surface area contributed by atoms with E-state index in [1.807, 2.05) is 13.8 Å². The number of carbonyl (C=O) groups is 1. The Morgan fingerprint density at radius 1 is 1.19 bits per heavy atom. The van der Waals surface area contributed by atoms with E-state index < -0.39 is 0 Å². The average molecular weight is 361 g/mol. The van der Waals surface area contributed by atoms with E-state index >= 15 is 0 Å². The smallest absolute Gasteiger partial charge is 0.311 e. The highest BCUT2D eigenvalue weighted by atomic mass is 16.5. The third-order valence-electron chi connectivity index (χ3n) is 5.72. The normalized spacial score (nSPS) is 19.2. The maximum Gasteiger partial charge on any atom is 0.311 e. The summed E-state index contributed by atoms with van der Waals surface area (Å²) in [5.41, 5.74) is 4.33. The standard InChI is InChI=1S/C23H36O3/c1-8-10-20(24)25-21-16(4)17(5)22-19(18(21)6)12-14-23(7,26-22)13-9-11-15(2)3/h15H,8-14H2,1-7H3. The second-order valence-electron chi connectivity index (χ2n) is 8.57. The van der Waals surface area contributed by atoms with Crippen molar-refractivity contribution in [2.45, 2.75) is 99.0 Å². The summed E-state index contributed by atoms with van der Waals surface area (Å²) in [6, 6.07) is 0. The first kappa shape index (κ1) is 20.8. The number of hydrogen-bond donors (Lipinski definition) is 0. The van der Waals surface area contributed by atoms with E-state index in [1.54, 1.807) is 0 Å². The van der Waals surface area contributed by atoms with Crippen LogP contribution >= 0.6 is 0 Å². The summed E-state index contributed by atoms with van der Waals surface area (Å²) in [5, 5.41) is 0. The number of hydrogen-bond acceptors (Lipinski definition) is 3. The van der Waals surface area contributed by atoms with Crippen molar-refractivity contribution in [2.75, 3.05) is 0 Å². The molecule has 1 aliphatic rings. The number of fused-ring (bicyclic) bond motifs is 1. The first-order chi connectivity index (χ1) is 12.2. The van der Waals surface area contributed by atoms with E-state index in [1.165, 1.54) is 18.4 Å². The molecule has 26 heavy (non-hydrogen) atoms. The summed E-state index contributed by atoms with van der Waals surface area (Å²) in [6.45, 7) is 15.0. The van der Waals surface area contributed by atoms with Gasteiger partial charge in [0.1, 0.15) is 17.1 Å². The predicted octanol–water partition coefficient (Wildman–Crippen LogP) is 6.23. The minimum Gasteiger partial charge on any atom is -0.487 e. The first-order valence-electron chi connectivity index (χ1n) is 10.2. The lowest BCUT2D eigenvalue weighted by atomic mass is 9.84. The molecule has 0 aliphatic carbocycles. The van der Waals surface area contributed by atoms with Crippen molar-refractivity contribution >= 4 is 5.97 Å². The highest BCUT2D eigenvalue weighted by Crippen LogP contribution is 2.45. The van der Waals surface area contributed by atoms with Crippen molar-refractivity contribution in [3.05, 3.63) is 22.3 Å². The van der Waals surface area contributed by atoms with Crippen LogP contribution in [0.5, 0.6) is 11.5 Å². The average Bonchev–Trinajstić information content (AvgIpc) is 2.56. The molecule has 1 unspecified atom stereocenters. The molecule has 3 heteroatoms. The van der Waals surface area contributed by atoms with Crippen molar-refractivity contribution in [2.24, 2.45) is 5.92 Å². The topological polar surface area (TPSA) is 35.5 Å². The van der Waals surface area contributed by atoms with Gasteiger partial charge in [0, 0.05) is 12.0 Å². The van der Waals surface area contributed by atoms with Gasteiger partial charge in [-0.1, -0.05) is 27.2 Å². The molecule has 0 aromatic heterocycles. The monoisotopic (exact) mass is 360 g/mol. The van der Waals surface area contributed by atoms with Gasteiger partial charge in [-0.05, 0) is 82.4 Å². The van der Waals surface area contributed by atoms with Crippen LogP contribution < -0.4 is 9.47 Å². The predicted molar refractivity (Wildman–Crippen MR) is 107 cm³/mol. The number of ether oxygens (including phenoxy) is 2. The molecular formula is C23H36O3. The second kappa shape index (κ2) is 8.45. The summed E-state index contributed by atoms with van der Waals surface area (Å²) in [6.07, 6.45) is 6.80. The molecular weight excluding hydrogens is 324 g/mol. The molecule has 0 N–H and O–H groups in total. The molecule has 1 aliphatic heterocycles. The summed E-state index contributed by atoms with van der Waals surface area (Å²) in [7, 11) is 0. The van der Waals surface area contributed by atoms with Gasteiger partial charge in [-0.15, -0.1) is 0 Å². The molecule has 0 amide bonds. The van der Waals surface area contributed by atoms with E-state index in [-0.39, 0.29) is 11.6 Å². The van der Waals surface area contributed by atoms with Crippen molar-refractivity contribution < 1.29 is 14.3 Å². The Morgan fingerprint density at radius 2 is 1.88 bits per heavy atom. The lowest BCUT2D eigenvalue weighted by molar-refractivity contribution is -0.134. The van der Waals surface area contributed by atoms with E-state index in [4.69, 9.17) is 9.47 Å². The number of benzene rings is 1. The minimum absolute atomic E-state index is 0.0913. The van der Waals surface area contributed by atoms with Crippen LogP contribution in [0, 0.1) is 26.7 Å². The maximum absolute atomic E-state index is 12.0. The largest absolute Gasteiger partial charge is 0.487 e. The molecule has 0 fully saturated rings. The van der Waals surface area contributed by atoms with Crippen LogP contribution in [0.2, 0.25) is 0 Å². The fourth-order valence-electron chi connectivity index (χ4n) is 3.86. The van der Waals surface area contributed by atoms with Gasteiger partial charge in [-0.3, -0.25) is 4.79 Å². The van der Waals surface area contributed by atoms with Crippen LogP contribution in [0.4, 0.5) is 0 Å². The van der Waals surface area contributed by atoms with Gasteiger partial charge in [0.05, 0.1) is 0 Å². The Balaban J connectivity index is 2.27. The molecule has 146 valence electrons. The number of carbonyl (C=O) groups excluding carboxylic acids is 1. The zero-order valence-corrected chi connectivity index (χ0v) is 17.8. The zero-order valence-electron chi connectivity index (χ0n) is 17.8. The van der Waals surface area contributed by atoms with Crippen LogP contribution in [0.25, 0.3) is 0 Å². The van der Waals surface area contributed by atoms with Gasteiger partial charge < -0.3 is 9.47 Å². The van der Waals surface area contributed by atoms with Crippen molar-refractivity contribution in [3.63, 3.8) is 0 Å². The summed E-state index contributed by atoms with van der Waals surface area (Å²) >= 11 is 0. The number of rotatable bonds is 7. The summed E-state index contributed by atoms with van der Waals surface area (Å²) < 4.78 is 12.3. The van der Waals surface area contributed by atoms with Crippen LogP contribution in [0.3, 0.4) is 0 Å². The van der Waals surface area contributed by atoms with E-state index in [0.29, 0.717) is 6.42 Å². The third kappa shape index (κ3) is 4.61. The molecule has 1 aromatic rings. The SMILES string of the molecule is CCCC(=O)Oc1c(C)c(C)c2c(c1C)CCC(C)(CCCC(C)C)O2. The Morgan fingerprint density at radius 3 is 2.50 bits per heavy atom. The van der Waals surface area contributed by atoms with Gasteiger partial charge in [-0.25, -0.2) is 0 Å². The lowest BCUT2D eigenvalue weighted by Gasteiger charge is -2.38. The molecule has 0 spiro atoms. The molecule has 0 saturated heterocycles. The molecule has 1 atom stereocenters. The highest BCUT2D eigenvalue weighted by Gasteiger charge is 2.34. The zero-order chi connectivity index (χ0) is 19.5. The maximum atomic E-state index is 12.0. The van der Waals surface area contributed by atoms with Gasteiger partial charge in [0.25, 0.3) is 0 Å². The third-order valence-corrected chi connectivity index (χ3v) is 5.72. The van der Waals surface area contributed by atoms with Crippen molar-refractivity contribution in [3.8, 4) is 11.5 Å². The van der Waals surface area contributed by atoms with Crippen LogP contribution in [-0.4, -0.2) is 11.6 Å². The van der Waals surface area contributed by atoms with Crippen molar-refractivity contribution in [1.82, 2.24) is 0 Å². The molecule has 0 bridgehead atoms. The lowest BCUT2D eigenvalue weighted by Crippen LogP contribution is -2.37. The summed E-state index contributed by atoms with van der Waals surface area (Å²) in [5.74, 6) is 2.36. The molecule has 0 saturated carbocycles. The molecule has 1 heterocycles. The van der Waals surface area contributed by atoms with E-state index in [9.17, 15) is 4.79 Å². The van der Waals surface area contributed by atoms with Gasteiger partial charge in [0.15, 0.2) is 0 Å². The minimum atomic E-state index is -0.145. The highest BCUT2D eigenvalue weighted by molar-refractivity contribution is 5.74. The van der Waals surface area contributed by atoms with Crippen LogP contribution in [0.1, 0.15) is 88.5 Å². The van der Waals surface area contributed by atoms with Gasteiger partial charge in [0.2, 0.25) is 0 Å². The molecule has 2 rings (SSSR count). The first-order valence-corrected chi connectivity index (χ1v) is 10.2. The van der Waals surface area contributed by atoms with Gasteiger partial charge in [-0.2, -0.15) is 0 Å². The van der Waals surface area contributed by atoms with E-state index in [2.05, 4.69) is 34.6 Å². The summed E-state index contributed by atoms with van der Waals surface area (Å²) in [4.78, 5) is 12.0. The Kier molecular flexibility index (Phi) is 6.76. The fraction of sp³-hybridized carbons (Fsp3) is 0.696. The number of esters is 1. The van der Waals surface area contributed by atoms with E-state index in [0.717, 1.165) is 59.8 Å². The molecule has 1 aromatic carbocycles. The van der Waals surface area contributed by atoms with Crippen molar-refractivity contribution in [1.29, 1.82) is 0 Å². The quantitative estimate of drug-likeness (QED) is 0.427. The van der Waals surface area contributed by atoms with Crippen LogP contribution in [-0.2, 0) is 11.2 Å². The van der Waals surface area contributed by atoms with Gasteiger partial charge >= 0.3 is 5.97 Å².